The zero-order chi connectivity index (χ0) is 31.9. The Morgan fingerprint density at radius 3 is 2.21 bits per heavy atom. The van der Waals surface area contributed by atoms with Crippen LogP contribution in [0.15, 0.2) is 36.5 Å². The van der Waals surface area contributed by atoms with Gasteiger partial charge in [0.2, 0.25) is 0 Å². The van der Waals surface area contributed by atoms with Crippen LogP contribution in [0.4, 0.5) is 10.6 Å². The Labute approximate surface area is 257 Å². The number of anilines is 1. The van der Waals surface area contributed by atoms with Crippen molar-refractivity contribution in [2.24, 2.45) is 5.41 Å². The molecule has 3 aromatic rings. The fourth-order valence-electron chi connectivity index (χ4n) is 5.35. The van der Waals surface area contributed by atoms with Crippen molar-refractivity contribution < 1.29 is 23.8 Å². The number of carbonyl (C=O) groups is 2. The van der Waals surface area contributed by atoms with Crippen molar-refractivity contribution >= 4 is 28.8 Å². The van der Waals surface area contributed by atoms with Gasteiger partial charge in [-0.3, -0.25) is 9.47 Å². The quantitative estimate of drug-likeness (QED) is 0.290. The molecule has 1 saturated carbocycles. The SMILES string of the molecule is CC.COC(=O)c1cccc(N(C)C)n1.COc1cc(C)c2c(ccn2C(=O)OC(C)(C)C)c1CN1CCC2(CC1)CC2. The third-order valence-electron chi connectivity index (χ3n) is 7.88. The highest BCUT2D eigenvalue weighted by Gasteiger charge is 2.44. The van der Waals surface area contributed by atoms with Crippen molar-refractivity contribution in [3.63, 3.8) is 0 Å². The van der Waals surface area contributed by atoms with Crippen LogP contribution in [0.25, 0.3) is 10.9 Å². The molecule has 0 unspecified atom stereocenters. The van der Waals surface area contributed by atoms with Crippen LogP contribution < -0.4 is 9.64 Å². The largest absolute Gasteiger partial charge is 0.496 e. The second kappa shape index (κ2) is 14.3. The van der Waals surface area contributed by atoms with Gasteiger partial charge in [-0.05, 0) is 102 Å². The van der Waals surface area contributed by atoms with Crippen molar-refractivity contribution in [1.29, 1.82) is 0 Å². The van der Waals surface area contributed by atoms with Crippen molar-refractivity contribution in [3.05, 3.63) is 53.3 Å². The van der Waals surface area contributed by atoms with Gasteiger partial charge < -0.3 is 19.1 Å². The van der Waals surface area contributed by atoms with Gasteiger partial charge in [-0.15, -0.1) is 0 Å². The summed E-state index contributed by atoms with van der Waals surface area (Å²) in [5, 5.41) is 1.08. The van der Waals surface area contributed by atoms with Crippen LogP contribution in [0.2, 0.25) is 0 Å². The highest BCUT2D eigenvalue weighted by molar-refractivity contribution is 5.95. The van der Waals surface area contributed by atoms with Crippen LogP contribution in [0.3, 0.4) is 0 Å². The number of fused-ring (bicyclic) bond motifs is 1. The van der Waals surface area contributed by atoms with E-state index in [4.69, 9.17) is 9.47 Å². The van der Waals surface area contributed by atoms with Crippen LogP contribution in [0.5, 0.6) is 5.75 Å². The van der Waals surface area contributed by atoms with Crippen LogP contribution in [-0.2, 0) is 16.0 Å². The van der Waals surface area contributed by atoms with Crippen LogP contribution in [0, 0.1) is 12.3 Å². The van der Waals surface area contributed by atoms with Crippen molar-refractivity contribution in [1.82, 2.24) is 14.5 Å². The van der Waals surface area contributed by atoms with Crippen LogP contribution >= 0.6 is 0 Å². The summed E-state index contributed by atoms with van der Waals surface area (Å²) in [6, 6.07) is 9.29. The lowest BCUT2D eigenvalue weighted by atomic mass is 9.93. The lowest BCUT2D eigenvalue weighted by Gasteiger charge is -2.32. The van der Waals surface area contributed by atoms with E-state index in [1.807, 2.05) is 84.9 Å². The lowest BCUT2D eigenvalue weighted by molar-refractivity contribution is 0.0542. The number of pyridine rings is 1. The van der Waals surface area contributed by atoms with Gasteiger partial charge in [0.05, 0.1) is 19.7 Å². The maximum absolute atomic E-state index is 12.7. The molecule has 1 aliphatic heterocycles. The number of hydrogen-bond acceptors (Lipinski definition) is 8. The molecule has 0 radical (unpaired) electrons. The Bertz CT molecular complexity index is 1390. The van der Waals surface area contributed by atoms with Gasteiger partial charge in [-0.2, -0.15) is 0 Å². The number of hydrogen-bond donors (Lipinski definition) is 0. The normalized spacial score (nSPS) is 15.5. The van der Waals surface area contributed by atoms with E-state index in [-0.39, 0.29) is 6.09 Å². The summed E-state index contributed by atoms with van der Waals surface area (Å²) in [7, 11) is 6.80. The zero-order valence-electron chi connectivity index (χ0n) is 27.7. The maximum atomic E-state index is 12.7. The minimum absolute atomic E-state index is 0.328. The van der Waals surface area contributed by atoms with Crippen molar-refractivity contribution in [2.75, 3.05) is 46.3 Å². The molecule has 0 atom stereocenters. The average Bonchev–Trinajstić information content (AvgIpc) is 3.58. The summed E-state index contributed by atoms with van der Waals surface area (Å²) in [5.41, 5.74) is 3.57. The van der Waals surface area contributed by atoms with Gasteiger partial charge >= 0.3 is 12.1 Å². The molecule has 9 heteroatoms. The van der Waals surface area contributed by atoms with Gasteiger partial charge in [0.25, 0.3) is 0 Å². The van der Waals surface area contributed by atoms with Gasteiger partial charge in [-0.1, -0.05) is 19.9 Å². The molecule has 2 fully saturated rings. The Hall–Kier alpha value is -3.59. The number of methoxy groups -OCH3 is 2. The first-order chi connectivity index (χ1) is 20.4. The summed E-state index contributed by atoms with van der Waals surface area (Å²) >= 11 is 0. The minimum atomic E-state index is -0.524. The molecule has 236 valence electrons. The molecule has 43 heavy (non-hydrogen) atoms. The van der Waals surface area contributed by atoms with E-state index in [2.05, 4.69) is 14.6 Å². The number of nitrogens with zero attached hydrogens (tertiary/aromatic N) is 4. The number of aromatic nitrogens is 2. The van der Waals surface area contributed by atoms with Crippen molar-refractivity contribution in [2.45, 2.75) is 79.4 Å². The molecule has 5 rings (SSSR count). The third-order valence-corrected chi connectivity index (χ3v) is 7.88. The number of rotatable bonds is 5. The fourth-order valence-corrected chi connectivity index (χ4v) is 5.35. The van der Waals surface area contributed by atoms with Gasteiger partial charge in [-0.25, -0.2) is 14.6 Å². The van der Waals surface area contributed by atoms with Gasteiger partial charge in [0.1, 0.15) is 17.2 Å². The Morgan fingerprint density at radius 2 is 1.67 bits per heavy atom. The van der Waals surface area contributed by atoms with E-state index in [1.165, 1.54) is 32.8 Å². The molecule has 1 aliphatic carbocycles. The van der Waals surface area contributed by atoms with E-state index in [0.717, 1.165) is 53.2 Å². The summed E-state index contributed by atoms with van der Waals surface area (Å²) < 4.78 is 17.5. The second-order valence-electron chi connectivity index (χ2n) is 12.3. The second-order valence-corrected chi connectivity index (χ2v) is 12.3. The first-order valence-electron chi connectivity index (χ1n) is 15.2. The molecule has 0 amide bonds. The fraction of sp³-hybridized carbons (Fsp3) is 0.559. The molecular formula is C34H50N4O5. The first-order valence-corrected chi connectivity index (χ1v) is 15.2. The maximum Gasteiger partial charge on any atom is 0.419 e. The number of ether oxygens (including phenoxy) is 3. The molecular weight excluding hydrogens is 544 g/mol. The number of carbonyl (C=O) groups excluding carboxylic acids is 2. The molecule has 3 heterocycles. The standard InChI is InChI=1S/C23H32N2O3.C9H12N2O2.C2H6/c1-16-14-19(27-5)18(15-24-12-9-23(7-8-23)10-13-24)17-6-11-25(20(16)17)21(26)28-22(2,3)4;1-11(2)8-6-4-5-7(10-8)9(12)13-3;1-2/h6,11,14H,7-10,12-13,15H2,1-5H3;4-6H,1-3H3;1-2H3. The molecule has 2 aromatic heterocycles. The third kappa shape index (κ3) is 8.50. The predicted octanol–water partition coefficient (Wildman–Crippen LogP) is 7.08. The zero-order valence-corrected chi connectivity index (χ0v) is 27.7. The first kappa shape index (κ1) is 33.9. The number of benzene rings is 1. The number of likely N-dealkylation sites (tertiary alicyclic amines) is 1. The molecule has 1 spiro atoms. The van der Waals surface area contributed by atoms with E-state index in [0.29, 0.717) is 11.1 Å². The molecule has 0 N–H and O–H groups in total. The predicted molar refractivity (Wildman–Crippen MR) is 172 cm³/mol. The minimum Gasteiger partial charge on any atom is -0.496 e. The summed E-state index contributed by atoms with van der Waals surface area (Å²) in [6.45, 7) is 14.8. The van der Waals surface area contributed by atoms with E-state index in [1.54, 1.807) is 23.8 Å². The van der Waals surface area contributed by atoms with Crippen LogP contribution in [-0.4, -0.2) is 73.5 Å². The topological polar surface area (TPSA) is 86.1 Å². The average molecular weight is 595 g/mol. The highest BCUT2D eigenvalue weighted by atomic mass is 16.6. The summed E-state index contributed by atoms with van der Waals surface area (Å²) in [5.74, 6) is 1.23. The van der Waals surface area contributed by atoms with E-state index >= 15 is 0 Å². The number of esters is 1. The van der Waals surface area contributed by atoms with E-state index < -0.39 is 11.6 Å². The summed E-state index contributed by atoms with van der Waals surface area (Å²) in [6.07, 6.45) is 6.93. The monoisotopic (exact) mass is 594 g/mol. The smallest absolute Gasteiger partial charge is 0.419 e. The molecule has 0 bridgehead atoms. The Kier molecular flexibility index (Phi) is 11.2. The van der Waals surface area contributed by atoms with Crippen LogP contribution in [0.1, 0.15) is 81.9 Å². The Balaban J connectivity index is 0.000000284. The molecule has 1 saturated heterocycles. The molecule has 2 aliphatic rings. The van der Waals surface area contributed by atoms with Crippen molar-refractivity contribution in [3.8, 4) is 5.75 Å². The summed E-state index contributed by atoms with van der Waals surface area (Å²) in [4.78, 5) is 32.3. The Morgan fingerprint density at radius 1 is 1.02 bits per heavy atom. The molecule has 9 nitrogen and oxygen atoms in total. The lowest BCUT2D eigenvalue weighted by Crippen LogP contribution is -2.34. The highest BCUT2D eigenvalue weighted by Crippen LogP contribution is 2.53. The number of piperidine rings is 1. The van der Waals surface area contributed by atoms with Gasteiger partial charge in [0, 0.05) is 37.8 Å². The van der Waals surface area contributed by atoms with E-state index in [9.17, 15) is 9.59 Å². The van der Waals surface area contributed by atoms with Gasteiger partial charge in [0.15, 0.2) is 5.69 Å². The number of aryl methyl sites for hydroxylation is 1. The molecule has 1 aromatic carbocycles.